The molecule has 1 unspecified atom stereocenters. The smallest absolute Gasteiger partial charge is 0.211 e. The van der Waals surface area contributed by atoms with Crippen LogP contribution in [0.2, 0.25) is 0 Å². The molecular weight excluding hydrogens is 243 g/mol. The van der Waals surface area contributed by atoms with Crippen molar-refractivity contribution < 1.29 is 9.18 Å². The average Bonchev–Trinajstić information content (AvgIpc) is 2.38. The largest absolute Gasteiger partial charge is 0.240 e. The number of halogens is 1. The molecule has 0 aliphatic carbocycles. The fraction of sp³-hybridized carbons (Fsp3) is 0.467. The Kier molecular flexibility index (Phi) is 4.97. The highest BCUT2D eigenvalue weighted by atomic mass is 19.1. The second kappa shape index (κ2) is 6.26. The van der Waals surface area contributed by atoms with E-state index in [1.165, 1.54) is 12.1 Å². The van der Waals surface area contributed by atoms with Crippen molar-refractivity contribution in [2.24, 2.45) is 4.99 Å². The van der Waals surface area contributed by atoms with Crippen LogP contribution in [0.1, 0.15) is 62.6 Å². The lowest BCUT2D eigenvalue weighted by molar-refractivity contribution is 0.564. The van der Waals surface area contributed by atoms with E-state index in [0.717, 1.165) is 12.0 Å². The van der Waals surface area contributed by atoms with E-state index in [-0.39, 0.29) is 17.4 Å². The molecule has 0 aromatic heterocycles. The van der Waals surface area contributed by atoms with Crippen LogP contribution >= 0.6 is 0 Å². The molecule has 1 aromatic rings. The molecule has 0 heterocycles. The number of hydrogen-bond acceptors (Lipinski definition) is 3. The Morgan fingerprint density at radius 1 is 1.42 bits per heavy atom. The first-order valence-electron chi connectivity index (χ1n) is 6.32. The van der Waals surface area contributed by atoms with E-state index >= 15 is 0 Å². The molecule has 100 valence electrons. The third-order valence-corrected chi connectivity index (χ3v) is 3.30. The van der Waals surface area contributed by atoms with Gasteiger partial charge in [0.25, 0.3) is 0 Å². The summed E-state index contributed by atoms with van der Waals surface area (Å²) in [6.45, 7) is 7.57. The minimum Gasteiger partial charge on any atom is -0.211 e. The van der Waals surface area contributed by atoms with Gasteiger partial charge in [0.1, 0.15) is 11.9 Å². The van der Waals surface area contributed by atoms with Gasteiger partial charge in [0.05, 0.1) is 11.3 Å². The number of nitriles is 1. The molecule has 1 aromatic carbocycles. The van der Waals surface area contributed by atoms with Gasteiger partial charge in [-0.25, -0.2) is 9.18 Å². The molecule has 0 saturated heterocycles. The second-order valence-corrected chi connectivity index (χ2v) is 4.87. The first-order valence-corrected chi connectivity index (χ1v) is 6.32. The molecule has 1 rings (SSSR count). The Morgan fingerprint density at radius 3 is 2.47 bits per heavy atom. The molecule has 0 spiro atoms. The standard InChI is InChI=1S/C15H17FN2O/c1-5-10(4)12-6-11(7-17)14(16)13(9(2)3)15(12)18-8-19/h6,9-10H,5H2,1-4H3. The SMILES string of the molecule is CCC(C)c1cc(C#N)c(F)c(C(C)C)c1N=C=O. The summed E-state index contributed by atoms with van der Waals surface area (Å²) in [6.07, 6.45) is 2.30. The molecule has 3 nitrogen and oxygen atoms in total. The third-order valence-electron chi connectivity index (χ3n) is 3.30. The monoisotopic (exact) mass is 260 g/mol. The van der Waals surface area contributed by atoms with Gasteiger partial charge in [-0.05, 0) is 29.9 Å². The number of hydrogen-bond donors (Lipinski definition) is 0. The van der Waals surface area contributed by atoms with Crippen molar-refractivity contribution in [1.29, 1.82) is 5.26 Å². The Hall–Kier alpha value is -1.98. The second-order valence-electron chi connectivity index (χ2n) is 4.87. The summed E-state index contributed by atoms with van der Waals surface area (Å²) >= 11 is 0. The number of rotatable bonds is 4. The van der Waals surface area contributed by atoms with E-state index in [9.17, 15) is 9.18 Å². The summed E-state index contributed by atoms with van der Waals surface area (Å²) in [5, 5.41) is 9.03. The van der Waals surface area contributed by atoms with E-state index in [1.54, 1.807) is 0 Å². The molecule has 0 fully saturated rings. The Balaban J connectivity index is 3.77. The van der Waals surface area contributed by atoms with Crippen molar-refractivity contribution in [2.75, 3.05) is 0 Å². The van der Waals surface area contributed by atoms with Crippen LogP contribution in [0.4, 0.5) is 10.1 Å². The summed E-state index contributed by atoms with van der Waals surface area (Å²) in [4.78, 5) is 14.3. The minimum atomic E-state index is -0.585. The number of carbonyl (C=O) groups excluding carboxylic acids is 1. The molecule has 0 aliphatic heterocycles. The fourth-order valence-corrected chi connectivity index (χ4v) is 2.07. The van der Waals surface area contributed by atoms with Gasteiger partial charge in [-0.1, -0.05) is 27.7 Å². The van der Waals surface area contributed by atoms with E-state index in [4.69, 9.17) is 5.26 Å². The van der Waals surface area contributed by atoms with Crippen molar-refractivity contribution in [3.05, 3.63) is 28.6 Å². The highest BCUT2D eigenvalue weighted by Crippen LogP contribution is 2.38. The van der Waals surface area contributed by atoms with Gasteiger partial charge in [0.15, 0.2) is 0 Å². The molecule has 1 atom stereocenters. The molecule has 19 heavy (non-hydrogen) atoms. The van der Waals surface area contributed by atoms with Crippen LogP contribution in [0, 0.1) is 17.1 Å². The molecule has 0 bridgehead atoms. The Bertz CT molecular complexity index is 566. The molecule has 0 amide bonds. The van der Waals surface area contributed by atoms with Crippen LogP contribution in [-0.4, -0.2) is 6.08 Å². The lowest BCUT2D eigenvalue weighted by Crippen LogP contribution is -2.03. The predicted octanol–water partition coefficient (Wildman–Crippen LogP) is 4.30. The van der Waals surface area contributed by atoms with Crippen LogP contribution < -0.4 is 0 Å². The van der Waals surface area contributed by atoms with Crippen LogP contribution in [-0.2, 0) is 4.79 Å². The summed E-state index contributed by atoms with van der Waals surface area (Å²) < 4.78 is 14.2. The van der Waals surface area contributed by atoms with Gasteiger partial charge in [-0.15, -0.1) is 0 Å². The minimum absolute atomic E-state index is 0.00356. The number of nitrogens with zero attached hydrogens (tertiary/aromatic N) is 2. The number of aliphatic imine (C=N–C) groups is 1. The summed E-state index contributed by atoms with van der Waals surface area (Å²) in [5.74, 6) is -0.654. The third kappa shape index (κ3) is 2.89. The van der Waals surface area contributed by atoms with E-state index in [1.807, 2.05) is 33.8 Å². The number of benzene rings is 1. The predicted molar refractivity (Wildman–Crippen MR) is 71.7 cm³/mol. The average molecular weight is 260 g/mol. The Morgan fingerprint density at radius 2 is 2.05 bits per heavy atom. The van der Waals surface area contributed by atoms with Crippen molar-refractivity contribution in [2.45, 2.75) is 46.0 Å². The molecule has 0 saturated carbocycles. The van der Waals surface area contributed by atoms with Crippen LogP contribution in [0.25, 0.3) is 0 Å². The fourth-order valence-electron chi connectivity index (χ4n) is 2.07. The van der Waals surface area contributed by atoms with E-state index in [0.29, 0.717) is 11.3 Å². The van der Waals surface area contributed by atoms with Crippen LogP contribution in [0.5, 0.6) is 0 Å². The van der Waals surface area contributed by atoms with Gasteiger partial charge >= 0.3 is 0 Å². The quantitative estimate of drug-likeness (QED) is 0.598. The molecule has 4 heteroatoms. The highest BCUT2D eigenvalue weighted by Gasteiger charge is 2.22. The first-order chi connectivity index (χ1) is 8.97. The van der Waals surface area contributed by atoms with Crippen molar-refractivity contribution in [3.8, 4) is 6.07 Å². The summed E-state index contributed by atoms with van der Waals surface area (Å²) in [6, 6.07) is 3.36. The van der Waals surface area contributed by atoms with E-state index in [2.05, 4.69) is 4.99 Å². The summed E-state index contributed by atoms with van der Waals surface area (Å²) in [7, 11) is 0. The lowest BCUT2D eigenvalue weighted by atomic mass is 9.88. The zero-order valence-corrected chi connectivity index (χ0v) is 11.6. The van der Waals surface area contributed by atoms with Gasteiger partial charge in [0.2, 0.25) is 6.08 Å². The molecule has 0 N–H and O–H groups in total. The van der Waals surface area contributed by atoms with Gasteiger partial charge in [-0.2, -0.15) is 10.3 Å². The van der Waals surface area contributed by atoms with Gasteiger partial charge in [0, 0.05) is 5.56 Å². The maximum atomic E-state index is 14.2. The van der Waals surface area contributed by atoms with E-state index < -0.39 is 5.82 Å². The van der Waals surface area contributed by atoms with Gasteiger partial charge < -0.3 is 0 Å². The van der Waals surface area contributed by atoms with Crippen LogP contribution in [0.3, 0.4) is 0 Å². The van der Waals surface area contributed by atoms with Crippen LogP contribution in [0.15, 0.2) is 11.1 Å². The maximum absolute atomic E-state index is 14.2. The first kappa shape index (κ1) is 15.1. The van der Waals surface area contributed by atoms with Crippen molar-refractivity contribution in [1.82, 2.24) is 0 Å². The molecule has 0 radical (unpaired) electrons. The summed E-state index contributed by atoms with van der Waals surface area (Å²) in [5.41, 5.74) is 1.38. The number of isocyanates is 1. The maximum Gasteiger partial charge on any atom is 0.240 e. The normalized spacial score (nSPS) is 11.8. The Labute approximate surface area is 112 Å². The molecule has 0 aliphatic rings. The zero-order chi connectivity index (χ0) is 14.6. The highest BCUT2D eigenvalue weighted by molar-refractivity contribution is 5.64. The zero-order valence-electron chi connectivity index (χ0n) is 11.6. The van der Waals surface area contributed by atoms with Crippen molar-refractivity contribution in [3.63, 3.8) is 0 Å². The van der Waals surface area contributed by atoms with Crippen molar-refractivity contribution >= 4 is 11.8 Å². The molecular formula is C15H17FN2O. The topological polar surface area (TPSA) is 53.2 Å². The lowest BCUT2D eigenvalue weighted by Gasteiger charge is -2.18. The van der Waals surface area contributed by atoms with Gasteiger partial charge in [-0.3, -0.25) is 0 Å².